The first-order valence-electron chi connectivity index (χ1n) is 13.2. The van der Waals surface area contributed by atoms with E-state index in [2.05, 4.69) is 47.7 Å². The summed E-state index contributed by atoms with van der Waals surface area (Å²) in [5.74, 6) is 2.12. The van der Waals surface area contributed by atoms with Gasteiger partial charge in [0.25, 0.3) is 5.91 Å². The first-order chi connectivity index (χ1) is 16.9. The lowest BCUT2D eigenvalue weighted by Gasteiger charge is -2.34. The molecule has 6 nitrogen and oxygen atoms in total. The van der Waals surface area contributed by atoms with E-state index < -0.39 is 0 Å². The molecule has 2 aromatic carbocycles. The molecule has 188 valence electrons. The third-order valence-corrected chi connectivity index (χ3v) is 7.10. The minimum absolute atomic E-state index is 0.134. The number of carbonyl (C=O) groups is 1. The highest BCUT2D eigenvalue weighted by Gasteiger charge is 2.25. The molecule has 0 radical (unpaired) electrons. The van der Waals surface area contributed by atoms with Crippen LogP contribution in [0.15, 0.2) is 47.5 Å². The molecule has 1 aliphatic heterocycles. The highest BCUT2D eigenvalue weighted by Crippen LogP contribution is 2.30. The van der Waals surface area contributed by atoms with E-state index in [9.17, 15) is 4.79 Å². The quantitative estimate of drug-likeness (QED) is 0.491. The molecule has 1 fully saturated rings. The zero-order chi connectivity index (χ0) is 24.8. The average molecular weight is 477 g/mol. The Morgan fingerprint density at radius 3 is 2.71 bits per heavy atom. The number of amides is 1. The molecule has 1 amide bonds. The van der Waals surface area contributed by atoms with E-state index in [1.54, 1.807) is 0 Å². The Labute approximate surface area is 210 Å². The highest BCUT2D eigenvalue weighted by molar-refractivity contribution is 5.94. The standard InChI is InChI=1S/C29H40N4O2/c1-4-33(25-11-6-5-7-12-25)28(34)23-10-8-9-22(17-23)19-32-20-24-18-26(35-16-15-21(2)3)13-14-27(24)31-29(32)30/h8-10,13-14,17-18,21,25H,4-7,11-12,15-16,19-20H2,1-3H3,(H2,30,31). The van der Waals surface area contributed by atoms with Gasteiger partial charge in [-0.2, -0.15) is 0 Å². The number of hydrogen-bond donors (Lipinski definition) is 1. The fraction of sp³-hybridized carbons (Fsp3) is 0.517. The number of ether oxygens (including phenoxy) is 1. The number of hydrogen-bond acceptors (Lipinski definition) is 5. The van der Waals surface area contributed by atoms with Gasteiger partial charge < -0.3 is 20.3 Å². The van der Waals surface area contributed by atoms with Crippen molar-refractivity contribution in [3.05, 3.63) is 59.2 Å². The SMILES string of the molecule is CCN(C(=O)c1cccc(CN2Cc3cc(OCCC(C)C)ccc3N=C2N)c1)C1CCCCC1. The molecule has 0 atom stereocenters. The predicted molar refractivity (Wildman–Crippen MR) is 142 cm³/mol. The number of guanidine groups is 1. The second kappa shape index (κ2) is 11.6. The average Bonchev–Trinajstić information content (AvgIpc) is 2.86. The number of rotatable bonds is 9. The minimum atomic E-state index is 0.134. The van der Waals surface area contributed by atoms with Crippen LogP contribution in [-0.4, -0.2) is 40.9 Å². The lowest BCUT2D eigenvalue weighted by Crippen LogP contribution is -2.41. The van der Waals surface area contributed by atoms with E-state index >= 15 is 0 Å². The van der Waals surface area contributed by atoms with Crippen LogP contribution in [-0.2, 0) is 13.1 Å². The Hall–Kier alpha value is -3.02. The van der Waals surface area contributed by atoms with Crippen LogP contribution in [0.1, 0.15) is 80.8 Å². The van der Waals surface area contributed by atoms with Crippen molar-refractivity contribution in [2.45, 2.75) is 78.4 Å². The maximum atomic E-state index is 13.4. The fourth-order valence-electron chi connectivity index (χ4n) is 5.07. The summed E-state index contributed by atoms with van der Waals surface area (Å²) in [4.78, 5) is 22.1. The predicted octanol–water partition coefficient (Wildman–Crippen LogP) is 5.87. The monoisotopic (exact) mass is 476 g/mol. The van der Waals surface area contributed by atoms with E-state index in [0.29, 0.717) is 37.6 Å². The van der Waals surface area contributed by atoms with Crippen molar-refractivity contribution >= 4 is 17.6 Å². The Balaban J connectivity index is 1.44. The van der Waals surface area contributed by atoms with Crippen molar-refractivity contribution in [2.75, 3.05) is 13.2 Å². The minimum Gasteiger partial charge on any atom is -0.494 e. The number of fused-ring (bicyclic) bond motifs is 1. The molecule has 0 bridgehead atoms. The molecule has 0 saturated heterocycles. The van der Waals surface area contributed by atoms with Crippen molar-refractivity contribution in [3.63, 3.8) is 0 Å². The summed E-state index contributed by atoms with van der Waals surface area (Å²) in [6, 6.07) is 14.4. The summed E-state index contributed by atoms with van der Waals surface area (Å²) in [7, 11) is 0. The molecule has 1 heterocycles. The van der Waals surface area contributed by atoms with Crippen LogP contribution in [0.3, 0.4) is 0 Å². The lowest BCUT2D eigenvalue weighted by atomic mass is 9.93. The Bertz CT molecular complexity index is 1040. The summed E-state index contributed by atoms with van der Waals surface area (Å²) in [5.41, 5.74) is 10.1. The van der Waals surface area contributed by atoms with Crippen LogP contribution in [0.25, 0.3) is 0 Å². The lowest BCUT2D eigenvalue weighted by molar-refractivity contribution is 0.0648. The van der Waals surface area contributed by atoms with Gasteiger partial charge in [0.2, 0.25) is 0 Å². The van der Waals surface area contributed by atoms with Crippen molar-refractivity contribution in [3.8, 4) is 5.75 Å². The number of nitrogens with zero attached hydrogens (tertiary/aromatic N) is 3. The van der Waals surface area contributed by atoms with E-state index in [-0.39, 0.29) is 5.91 Å². The largest absolute Gasteiger partial charge is 0.494 e. The highest BCUT2D eigenvalue weighted by atomic mass is 16.5. The molecular weight excluding hydrogens is 436 g/mol. The molecule has 2 aromatic rings. The normalized spacial score (nSPS) is 16.1. The topological polar surface area (TPSA) is 71.2 Å². The molecule has 35 heavy (non-hydrogen) atoms. The molecule has 2 aliphatic rings. The second-order valence-electron chi connectivity index (χ2n) is 10.2. The second-order valence-corrected chi connectivity index (χ2v) is 10.2. The van der Waals surface area contributed by atoms with Gasteiger partial charge in [0, 0.05) is 36.8 Å². The summed E-state index contributed by atoms with van der Waals surface area (Å²) < 4.78 is 5.95. The van der Waals surface area contributed by atoms with Gasteiger partial charge in [0.1, 0.15) is 5.75 Å². The van der Waals surface area contributed by atoms with Crippen LogP contribution in [0, 0.1) is 5.92 Å². The van der Waals surface area contributed by atoms with E-state index in [1.165, 1.54) is 19.3 Å². The number of carbonyl (C=O) groups excluding carboxylic acids is 1. The summed E-state index contributed by atoms with van der Waals surface area (Å²) in [6.45, 7) is 9.20. The van der Waals surface area contributed by atoms with Crippen LogP contribution in [0.2, 0.25) is 0 Å². The van der Waals surface area contributed by atoms with Crippen molar-refractivity contribution < 1.29 is 9.53 Å². The van der Waals surface area contributed by atoms with Crippen molar-refractivity contribution in [1.29, 1.82) is 0 Å². The zero-order valence-corrected chi connectivity index (χ0v) is 21.5. The van der Waals surface area contributed by atoms with E-state index in [4.69, 9.17) is 10.5 Å². The maximum Gasteiger partial charge on any atom is 0.254 e. The molecule has 0 spiro atoms. The van der Waals surface area contributed by atoms with Gasteiger partial charge in [-0.1, -0.05) is 45.2 Å². The van der Waals surface area contributed by atoms with Gasteiger partial charge in [0.15, 0.2) is 5.96 Å². The molecule has 1 aliphatic carbocycles. The Morgan fingerprint density at radius 1 is 1.17 bits per heavy atom. The van der Waals surface area contributed by atoms with Crippen LogP contribution in [0.5, 0.6) is 5.75 Å². The molecule has 6 heteroatoms. The van der Waals surface area contributed by atoms with Gasteiger partial charge in [-0.3, -0.25) is 4.79 Å². The molecule has 1 saturated carbocycles. The van der Waals surface area contributed by atoms with Gasteiger partial charge in [-0.05, 0) is 68.0 Å². The van der Waals surface area contributed by atoms with E-state index in [0.717, 1.165) is 53.9 Å². The Kier molecular flexibility index (Phi) is 8.32. The van der Waals surface area contributed by atoms with Gasteiger partial charge in [-0.15, -0.1) is 0 Å². The van der Waals surface area contributed by atoms with Crippen molar-refractivity contribution in [2.24, 2.45) is 16.6 Å². The van der Waals surface area contributed by atoms with Crippen LogP contribution < -0.4 is 10.5 Å². The Morgan fingerprint density at radius 2 is 1.97 bits per heavy atom. The molecule has 2 N–H and O–H groups in total. The summed E-state index contributed by atoms with van der Waals surface area (Å²) >= 11 is 0. The smallest absolute Gasteiger partial charge is 0.254 e. The molecule has 0 unspecified atom stereocenters. The van der Waals surface area contributed by atoms with Gasteiger partial charge >= 0.3 is 0 Å². The van der Waals surface area contributed by atoms with Crippen LogP contribution in [0.4, 0.5) is 5.69 Å². The molecule has 0 aromatic heterocycles. The third-order valence-electron chi connectivity index (χ3n) is 7.10. The zero-order valence-electron chi connectivity index (χ0n) is 21.5. The number of benzene rings is 2. The molecular formula is C29H40N4O2. The maximum absolute atomic E-state index is 13.4. The first kappa shape index (κ1) is 25.1. The number of nitrogens with two attached hydrogens (primary N) is 1. The summed E-state index contributed by atoms with van der Waals surface area (Å²) in [6.07, 6.45) is 6.97. The van der Waals surface area contributed by atoms with Gasteiger partial charge in [0.05, 0.1) is 12.3 Å². The van der Waals surface area contributed by atoms with Crippen LogP contribution >= 0.6 is 0 Å². The first-order valence-corrected chi connectivity index (χ1v) is 13.2. The summed E-state index contributed by atoms with van der Waals surface area (Å²) in [5, 5.41) is 0. The fourth-order valence-corrected chi connectivity index (χ4v) is 5.07. The third kappa shape index (κ3) is 6.36. The van der Waals surface area contributed by atoms with Gasteiger partial charge in [-0.25, -0.2) is 4.99 Å². The molecule has 4 rings (SSSR count). The van der Waals surface area contributed by atoms with Crippen molar-refractivity contribution in [1.82, 2.24) is 9.80 Å². The van der Waals surface area contributed by atoms with E-state index in [1.807, 2.05) is 30.3 Å². The number of aliphatic imine (C=N–C) groups is 1.